The molecule has 0 fully saturated rings. The summed E-state index contributed by atoms with van der Waals surface area (Å²) < 4.78 is 22.3. The number of carbonyl (C=O) groups is 3. The molecule has 0 saturated heterocycles. The number of rotatable bonds is 5. The number of amides is 2. The molecule has 2 amide bonds. The lowest BCUT2D eigenvalue weighted by atomic mass is 10.1. The van der Waals surface area contributed by atoms with Crippen molar-refractivity contribution in [2.24, 2.45) is 0 Å². The second kappa shape index (κ2) is 7.88. The molecule has 6 nitrogen and oxygen atoms in total. The first-order valence-corrected chi connectivity index (χ1v) is 5.88. The van der Waals surface area contributed by atoms with Gasteiger partial charge in [-0.15, -0.1) is 0 Å². The zero-order valence-corrected chi connectivity index (χ0v) is 10.8. The van der Waals surface area contributed by atoms with E-state index in [1.54, 1.807) is 13.0 Å². The fraction of sp³-hybridized carbons (Fsp3) is 0.308. The molecule has 0 unspecified atom stereocenters. The third kappa shape index (κ3) is 5.47. The molecule has 108 valence electrons. The molecule has 20 heavy (non-hydrogen) atoms. The highest BCUT2D eigenvalue weighted by Gasteiger charge is 2.13. The van der Waals surface area contributed by atoms with Crippen LogP contribution in [0.2, 0.25) is 0 Å². The number of imide groups is 1. The van der Waals surface area contributed by atoms with E-state index in [1.807, 2.05) is 5.32 Å². The molecule has 7 heteroatoms. The normalized spacial score (nSPS) is 9.70. The van der Waals surface area contributed by atoms with E-state index in [9.17, 15) is 18.8 Å². The van der Waals surface area contributed by atoms with E-state index in [4.69, 9.17) is 0 Å². The Hall–Kier alpha value is -2.44. The summed E-state index contributed by atoms with van der Waals surface area (Å²) in [6.07, 6.45) is -1.21. The molecule has 0 saturated carbocycles. The number of halogens is 1. The lowest BCUT2D eigenvalue weighted by Crippen LogP contribution is -2.34. The van der Waals surface area contributed by atoms with Crippen LogP contribution in [0.1, 0.15) is 12.5 Å². The molecule has 1 aromatic carbocycles. The number of nitrogens with one attached hydrogen (secondary N) is 1. The predicted octanol–water partition coefficient (Wildman–Crippen LogP) is 1.18. The summed E-state index contributed by atoms with van der Waals surface area (Å²) in [7, 11) is 0. The zero-order valence-electron chi connectivity index (χ0n) is 10.8. The lowest BCUT2D eigenvalue weighted by Gasteiger charge is -2.06. The van der Waals surface area contributed by atoms with Crippen molar-refractivity contribution in [3.63, 3.8) is 0 Å². The van der Waals surface area contributed by atoms with Gasteiger partial charge in [-0.05, 0) is 18.6 Å². The smallest absolute Gasteiger partial charge is 0.413 e. The minimum Gasteiger partial charge on any atom is -0.455 e. The van der Waals surface area contributed by atoms with E-state index < -0.39 is 30.4 Å². The monoisotopic (exact) mass is 283 g/mol. The maximum Gasteiger partial charge on any atom is 0.413 e. The molecule has 0 aliphatic heterocycles. The number of carbonyl (C=O) groups excluding carboxylic acids is 3. The fourth-order valence-electron chi connectivity index (χ4n) is 1.31. The van der Waals surface area contributed by atoms with Gasteiger partial charge >= 0.3 is 12.1 Å². The maximum atomic E-state index is 13.3. The van der Waals surface area contributed by atoms with Crippen molar-refractivity contribution in [2.45, 2.75) is 13.3 Å². The third-order valence-electron chi connectivity index (χ3n) is 2.17. The van der Waals surface area contributed by atoms with Gasteiger partial charge in [0.2, 0.25) is 0 Å². The van der Waals surface area contributed by atoms with Crippen LogP contribution in [0.5, 0.6) is 0 Å². The Bertz CT molecular complexity index is 503. The molecule has 0 bridgehead atoms. The third-order valence-corrected chi connectivity index (χ3v) is 2.17. The van der Waals surface area contributed by atoms with Crippen LogP contribution in [0.25, 0.3) is 0 Å². The summed E-state index contributed by atoms with van der Waals surface area (Å²) in [5, 5.41) is 1.86. The average Bonchev–Trinajstić information content (AvgIpc) is 2.39. The molecule has 0 aromatic heterocycles. The van der Waals surface area contributed by atoms with Crippen molar-refractivity contribution in [3.8, 4) is 0 Å². The summed E-state index contributed by atoms with van der Waals surface area (Å²) in [5.74, 6) is -2.11. The molecule has 0 aliphatic rings. The Balaban J connectivity index is 2.35. The van der Waals surface area contributed by atoms with Crippen molar-refractivity contribution in [1.82, 2.24) is 5.32 Å². The van der Waals surface area contributed by atoms with Crippen LogP contribution in [0.3, 0.4) is 0 Å². The molecular weight excluding hydrogens is 269 g/mol. The van der Waals surface area contributed by atoms with Crippen molar-refractivity contribution in [1.29, 1.82) is 0 Å². The number of hydrogen-bond donors (Lipinski definition) is 1. The fourth-order valence-corrected chi connectivity index (χ4v) is 1.31. The quantitative estimate of drug-likeness (QED) is 0.821. The van der Waals surface area contributed by atoms with Crippen LogP contribution >= 0.6 is 0 Å². The first-order chi connectivity index (χ1) is 9.52. The van der Waals surface area contributed by atoms with Gasteiger partial charge < -0.3 is 9.47 Å². The molecule has 0 radical (unpaired) electrons. The van der Waals surface area contributed by atoms with Crippen molar-refractivity contribution in [2.75, 3.05) is 13.2 Å². The Morgan fingerprint density at radius 1 is 1.20 bits per heavy atom. The highest BCUT2D eigenvalue weighted by molar-refractivity contribution is 5.93. The SMILES string of the molecule is CCOC(=O)NC(=O)COC(=O)Cc1ccccc1F. The second-order valence-electron chi connectivity index (χ2n) is 3.70. The summed E-state index contributed by atoms with van der Waals surface area (Å²) >= 11 is 0. The standard InChI is InChI=1S/C13H14FNO5/c1-2-19-13(18)15-11(16)8-20-12(17)7-9-5-3-4-6-10(9)14/h3-6H,2,7-8H2,1H3,(H,15,16,18). The van der Waals surface area contributed by atoms with Gasteiger partial charge in [0, 0.05) is 0 Å². The molecule has 0 spiro atoms. The van der Waals surface area contributed by atoms with E-state index >= 15 is 0 Å². The molecule has 0 atom stereocenters. The topological polar surface area (TPSA) is 81.7 Å². The predicted molar refractivity (Wildman–Crippen MR) is 66.2 cm³/mol. The summed E-state index contributed by atoms with van der Waals surface area (Å²) in [5.41, 5.74) is 0.170. The van der Waals surface area contributed by atoms with Gasteiger partial charge in [-0.1, -0.05) is 18.2 Å². The Morgan fingerprint density at radius 3 is 2.55 bits per heavy atom. The van der Waals surface area contributed by atoms with Gasteiger partial charge in [0.15, 0.2) is 6.61 Å². The zero-order chi connectivity index (χ0) is 15.0. The van der Waals surface area contributed by atoms with Gasteiger partial charge in [-0.3, -0.25) is 14.9 Å². The first kappa shape index (κ1) is 15.6. The van der Waals surface area contributed by atoms with Gasteiger partial charge in [0.25, 0.3) is 5.91 Å². The molecule has 0 heterocycles. The molecule has 1 aromatic rings. The van der Waals surface area contributed by atoms with Crippen LogP contribution in [-0.4, -0.2) is 31.2 Å². The van der Waals surface area contributed by atoms with E-state index in [2.05, 4.69) is 9.47 Å². The highest BCUT2D eigenvalue weighted by Crippen LogP contribution is 2.07. The maximum absolute atomic E-state index is 13.3. The number of esters is 1. The average molecular weight is 283 g/mol. The first-order valence-electron chi connectivity index (χ1n) is 5.88. The van der Waals surface area contributed by atoms with Gasteiger partial charge in [0.05, 0.1) is 13.0 Å². The van der Waals surface area contributed by atoms with E-state index in [0.29, 0.717) is 0 Å². The largest absolute Gasteiger partial charge is 0.455 e. The van der Waals surface area contributed by atoms with Gasteiger partial charge in [-0.25, -0.2) is 9.18 Å². The summed E-state index contributed by atoms with van der Waals surface area (Å²) in [6.45, 7) is 1.07. The van der Waals surface area contributed by atoms with E-state index in [0.717, 1.165) is 0 Å². The highest BCUT2D eigenvalue weighted by atomic mass is 19.1. The van der Waals surface area contributed by atoms with E-state index in [1.165, 1.54) is 18.2 Å². The van der Waals surface area contributed by atoms with Crippen molar-refractivity contribution in [3.05, 3.63) is 35.6 Å². The van der Waals surface area contributed by atoms with Crippen LogP contribution < -0.4 is 5.32 Å². The van der Waals surface area contributed by atoms with Crippen LogP contribution in [0, 0.1) is 5.82 Å². The van der Waals surface area contributed by atoms with Crippen molar-refractivity contribution < 1.29 is 28.2 Å². The number of alkyl carbamates (subject to hydrolysis) is 1. The molecular formula is C13H14FNO5. The number of benzene rings is 1. The van der Waals surface area contributed by atoms with Gasteiger partial charge in [-0.2, -0.15) is 0 Å². The van der Waals surface area contributed by atoms with E-state index in [-0.39, 0.29) is 18.6 Å². The van der Waals surface area contributed by atoms with Crippen molar-refractivity contribution >= 4 is 18.0 Å². The minimum absolute atomic E-state index is 0.117. The molecule has 0 aliphatic carbocycles. The number of ether oxygens (including phenoxy) is 2. The Morgan fingerprint density at radius 2 is 1.90 bits per heavy atom. The van der Waals surface area contributed by atoms with Crippen LogP contribution in [-0.2, 0) is 25.5 Å². The minimum atomic E-state index is -0.914. The Labute approximate surface area is 114 Å². The Kier molecular flexibility index (Phi) is 6.15. The summed E-state index contributed by atoms with van der Waals surface area (Å²) in [4.78, 5) is 33.5. The number of hydrogen-bond acceptors (Lipinski definition) is 5. The second-order valence-corrected chi connectivity index (χ2v) is 3.70. The molecule has 1 N–H and O–H groups in total. The molecule has 1 rings (SSSR count). The van der Waals surface area contributed by atoms with Gasteiger partial charge in [0.1, 0.15) is 5.82 Å². The van der Waals surface area contributed by atoms with Crippen LogP contribution in [0.4, 0.5) is 9.18 Å². The summed E-state index contributed by atoms with van der Waals surface area (Å²) in [6, 6.07) is 5.74. The lowest BCUT2D eigenvalue weighted by molar-refractivity contribution is -0.147. The van der Waals surface area contributed by atoms with Crippen LogP contribution in [0.15, 0.2) is 24.3 Å².